The maximum Gasteiger partial charge on any atom is 0.259 e. The number of nitrogens with zero attached hydrogens (tertiary/aromatic N) is 2. The van der Waals surface area contributed by atoms with E-state index in [2.05, 4.69) is 20.5 Å². The minimum absolute atomic E-state index is 0.159. The zero-order chi connectivity index (χ0) is 15.5. The fourth-order valence-corrected chi connectivity index (χ4v) is 1.97. The number of carbonyl (C=O) groups excluding carboxylic acids is 1. The van der Waals surface area contributed by atoms with Crippen molar-refractivity contribution in [2.24, 2.45) is 0 Å². The number of hydrogen-bond acceptors (Lipinski definition) is 4. The van der Waals surface area contributed by atoms with Crippen LogP contribution in [0.5, 0.6) is 5.75 Å². The van der Waals surface area contributed by atoms with Gasteiger partial charge in [0.15, 0.2) is 0 Å². The minimum Gasteiger partial charge on any atom is -0.507 e. The van der Waals surface area contributed by atoms with Crippen molar-refractivity contribution >= 4 is 11.6 Å². The summed E-state index contributed by atoms with van der Waals surface area (Å²) in [6.45, 7) is 0. The number of aromatic nitrogens is 3. The first-order valence-corrected chi connectivity index (χ1v) is 6.40. The summed E-state index contributed by atoms with van der Waals surface area (Å²) >= 11 is 0. The van der Waals surface area contributed by atoms with E-state index in [4.69, 9.17) is 0 Å². The molecule has 0 aliphatic carbocycles. The number of rotatable bonds is 3. The predicted molar refractivity (Wildman–Crippen MR) is 77.8 cm³/mol. The van der Waals surface area contributed by atoms with Crippen LogP contribution in [0.2, 0.25) is 0 Å². The van der Waals surface area contributed by atoms with Gasteiger partial charge < -0.3 is 10.4 Å². The highest BCUT2D eigenvalue weighted by Crippen LogP contribution is 2.25. The van der Waals surface area contributed by atoms with Crippen LogP contribution in [0.4, 0.5) is 10.1 Å². The molecular weight excluding hydrogens is 287 g/mol. The molecule has 1 aromatic carbocycles. The van der Waals surface area contributed by atoms with Crippen molar-refractivity contribution in [2.45, 2.75) is 0 Å². The summed E-state index contributed by atoms with van der Waals surface area (Å²) in [5.41, 5.74) is 1.34. The molecule has 0 spiro atoms. The van der Waals surface area contributed by atoms with Crippen molar-refractivity contribution in [3.63, 3.8) is 0 Å². The fraction of sp³-hybridized carbons (Fsp3) is 0. The molecule has 3 rings (SSSR count). The molecule has 0 fully saturated rings. The van der Waals surface area contributed by atoms with Gasteiger partial charge in [0, 0.05) is 6.20 Å². The van der Waals surface area contributed by atoms with Crippen LogP contribution in [0.3, 0.4) is 0 Å². The van der Waals surface area contributed by atoms with E-state index in [-0.39, 0.29) is 11.3 Å². The third-order valence-electron chi connectivity index (χ3n) is 3.01. The van der Waals surface area contributed by atoms with Crippen molar-refractivity contribution in [1.82, 2.24) is 15.2 Å². The first-order valence-electron chi connectivity index (χ1n) is 6.40. The molecule has 3 aromatic rings. The number of amides is 1. The molecule has 0 saturated heterocycles. The first kappa shape index (κ1) is 13.7. The Morgan fingerprint density at radius 3 is 2.91 bits per heavy atom. The van der Waals surface area contributed by atoms with Crippen molar-refractivity contribution in [3.05, 3.63) is 60.2 Å². The lowest BCUT2D eigenvalue weighted by Gasteiger charge is -2.07. The SMILES string of the molecule is O=C(Nc1cn[nH]c1-c1ccccn1)c1cc(F)ccc1O. The maximum atomic E-state index is 13.2. The van der Waals surface area contributed by atoms with Crippen molar-refractivity contribution < 1.29 is 14.3 Å². The lowest BCUT2D eigenvalue weighted by molar-refractivity contribution is 0.102. The van der Waals surface area contributed by atoms with Gasteiger partial charge in [0.25, 0.3) is 5.91 Å². The van der Waals surface area contributed by atoms with Crippen LogP contribution < -0.4 is 5.32 Å². The molecule has 0 aliphatic heterocycles. The second kappa shape index (κ2) is 5.65. The molecule has 7 heteroatoms. The fourth-order valence-electron chi connectivity index (χ4n) is 1.97. The van der Waals surface area contributed by atoms with Gasteiger partial charge in [-0.15, -0.1) is 0 Å². The minimum atomic E-state index is -0.643. The second-order valence-corrected chi connectivity index (χ2v) is 4.49. The topological polar surface area (TPSA) is 90.9 Å². The highest BCUT2D eigenvalue weighted by molar-refractivity contribution is 6.07. The van der Waals surface area contributed by atoms with E-state index >= 15 is 0 Å². The van der Waals surface area contributed by atoms with Crippen LogP contribution in [-0.4, -0.2) is 26.2 Å². The number of H-pyrrole nitrogens is 1. The number of aromatic amines is 1. The van der Waals surface area contributed by atoms with Crippen LogP contribution in [0, 0.1) is 5.82 Å². The Labute approximate surface area is 124 Å². The van der Waals surface area contributed by atoms with E-state index in [1.807, 2.05) is 0 Å². The normalized spacial score (nSPS) is 10.4. The summed E-state index contributed by atoms with van der Waals surface area (Å²) in [6.07, 6.45) is 3.03. The monoisotopic (exact) mass is 298 g/mol. The Morgan fingerprint density at radius 2 is 2.14 bits per heavy atom. The predicted octanol–water partition coefficient (Wildman–Crippen LogP) is 2.57. The molecule has 0 unspecified atom stereocenters. The lowest BCUT2D eigenvalue weighted by atomic mass is 10.1. The Hall–Kier alpha value is -3.22. The zero-order valence-corrected chi connectivity index (χ0v) is 11.2. The van der Waals surface area contributed by atoms with Gasteiger partial charge in [0.1, 0.15) is 17.3 Å². The molecule has 2 aromatic heterocycles. The highest BCUT2D eigenvalue weighted by Gasteiger charge is 2.16. The largest absolute Gasteiger partial charge is 0.507 e. The number of nitrogens with one attached hydrogen (secondary N) is 2. The van der Waals surface area contributed by atoms with E-state index < -0.39 is 11.7 Å². The van der Waals surface area contributed by atoms with Crippen LogP contribution in [0.25, 0.3) is 11.4 Å². The van der Waals surface area contributed by atoms with E-state index in [9.17, 15) is 14.3 Å². The third-order valence-corrected chi connectivity index (χ3v) is 3.01. The number of anilines is 1. The first-order chi connectivity index (χ1) is 10.6. The molecule has 22 heavy (non-hydrogen) atoms. The van der Waals surface area contributed by atoms with Crippen LogP contribution in [0.1, 0.15) is 10.4 Å². The van der Waals surface area contributed by atoms with Gasteiger partial charge in [-0.25, -0.2) is 4.39 Å². The zero-order valence-electron chi connectivity index (χ0n) is 11.2. The second-order valence-electron chi connectivity index (χ2n) is 4.49. The number of hydrogen-bond donors (Lipinski definition) is 3. The highest BCUT2D eigenvalue weighted by atomic mass is 19.1. The number of benzene rings is 1. The maximum absolute atomic E-state index is 13.2. The average Bonchev–Trinajstić information content (AvgIpc) is 2.98. The molecule has 0 saturated carbocycles. The number of halogens is 1. The molecular formula is C15H11FN4O2. The number of carbonyl (C=O) groups is 1. The molecule has 0 atom stereocenters. The third kappa shape index (κ3) is 2.64. The summed E-state index contributed by atoms with van der Waals surface area (Å²) in [7, 11) is 0. The van der Waals surface area contributed by atoms with Gasteiger partial charge in [-0.1, -0.05) is 6.07 Å². The Bertz CT molecular complexity index is 817. The van der Waals surface area contributed by atoms with Crippen molar-refractivity contribution in [3.8, 4) is 17.1 Å². The molecule has 1 amide bonds. The average molecular weight is 298 g/mol. The van der Waals surface area contributed by atoms with Crippen LogP contribution >= 0.6 is 0 Å². The van der Waals surface area contributed by atoms with E-state index in [1.54, 1.807) is 24.4 Å². The molecule has 2 heterocycles. The van der Waals surface area contributed by atoms with E-state index in [1.165, 1.54) is 6.20 Å². The standard InChI is InChI=1S/C15H11FN4O2/c16-9-4-5-13(21)10(7-9)15(22)19-12-8-18-20-14(12)11-3-1-2-6-17-11/h1-8,21H,(H,18,20)(H,19,22). The van der Waals surface area contributed by atoms with Crippen molar-refractivity contribution in [1.29, 1.82) is 0 Å². The van der Waals surface area contributed by atoms with Gasteiger partial charge in [0.2, 0.25) is 0 Å². The van der Waals surface area contributed by atoms with Gasteiger partial charge in [-0.05, 0) is 30.3 Å². The number of pyridine rings is 1. The van der Waals surface area contributed by atoms with E-state index in [0.29, 0.717) is 17.1 Å². The number of phenols is 1. The Balaban J connectivity index is 1.90. The molecule has 0 radical (unpaired) electrons. The number of phenolic OH excluding ortho intramolecular Hbond substituents is 1. The molecule has 3 N–H and O–H groups in total. The van der Waals surface area contributed by atoms with Gasteiger partial charge in [-0.2, -0.15) is 5.10 Å². The molecule has 0 bridgehead atoms. The number of aromatic hydroxyl groups is 1. The van der Waals surface area contributed by atoms with Crippen molar-refractivity contribution in [2.75, 3.05) is 5.32 Å². The van der Waals surface area contributed by atoms with E-state index in [0.717, 1.165) is 18.2 Å². The quantitative estimate of drug-likeness (QED) is 0.693. The van der Waals surface area contributed by atoms with Crippen LogP contribution in [-0.2, 0) is 0 Å². The lowest BCUT2D eigenvalue weighted by Crippen LogP contribution is -2.12. The molecule has 6 nitrogen and oxygen atoms in total. The van der Waals surface area contributed by atoms with Crippen LogP contribution in [0.15, 0.2) is 48.8 Å². The van der Waals surface area contributed by atoms with Gasteiger partial charge in [0.05, 0.1) is 23.1 Å². The van der Waals surface area contributed by atoms with Gasteiger partial charge in [-0.3, -0.25) is 14.9 Å². The summed E-state index contributed by atoms with van der Waals surface area (Å²) in [5, 5.41) is 18.8. The smallest absolute Gasteiger partial charge is 0.259 e. The molecule has 0 aliphatic rings. The summed E-state index contributed by atoms with van der Waals surface area (Å²) < 4.78 is 13.2. The Kier molecular flexibility index (Phi) is 3.53. The summed E-state index contributed by atoms with van der Waals surface area (Å²) in [4.78, 5) is 16.3. The van der Waals surface area contributed by atoms with Gasteiger partial charge >= 0.3 is 0 Å². The molecule has 110 valence electrons. The summed E-state index contributed by atoms with van der Waals surface area (Å²) in [6, 6.07) is 8.48. The summed E-state index contributed by atoms with van der Waals surface area (Å²) in [5.74, 6) is -1.56. The Morgan fingerprint density at radius 1 is 1.27 bits per heavy atom.